The monoisotopic (exact) mass is 174 g/mol. The summed E-state index contributed by atoms with van der Waals surface area (Å²) in [7, 11) is 0. The van der Waals surface area contributed by atoms with Crippen molar-refractivity contribution in [1.82, 2.24) is 9.78 Å². The van der Waals surface area contributed by atoms with E-state index in [1.807, 2.05) is 0 Å². The third-order valence-electron chi connectivity index (χ3n) is 2.01. The number of hydrogen-bond acceptors (Lipinski definition) is 2. The minimum atomic E-state index is -2.69. The van der Waals surface area contributed by atoms with Gasteiger partial charge in [-0.05, 0) is 0 Å². The molecule has 0 aromatic carbocycles. The van der Waals surface area contributed by atoms with Gasteiger partial charge in [-0.2, -0.15) is 5.10 Å². The van der Waals surface area contributed by atoms with Crippen LogP contribution in [0, 0.1) is 0 Å². The maximum Gasteiger partial charge on any atom is 0.272 e. The van der Waals surface area contributed by atoms with Crippen LogP contribution in [0.4, 0.5) is 8.78 Å². The highest BCUT2D eigenvalue weighted by atomic mass is 19.3. The van der Waals surface area contributed by atoms with Crippen molar-refractivity contribution in [3.05, 3.63) is 17.5 Å². The Balaban J connectivity index is 2.37. The predicted octanol–water partition coefficient (Wildman–Crippen LogP) is 0.567. The standard InChI is InChI=1S/C7H8F2N2O/c8-7(9)1-6-5(3-12)2-10-11(6)4-7/h2,12H,1,3-4H2. The van der Waals surface area contributed by atoms with Gasteiger partial charge in [0, 0.05) is 5.56 Å². The normalized spacial score (nSPS) is 19.6. The molecule has 0 saturated heterocycles. The summed E-state index contributed by atoms with van der Waals surface area (Å²) in [5, 5.41) is 12.5. The van der Waals surface area contributed by atoms with Crippen LogP contribution in [-0.2, 0) is 19.6 Å². The molecule has 1 aromatic heterocycles. The minimum Gasteiger partial charge on any atom is -0.392 e. The fourth-order valence-corrected chi connectivity index (χ4v) is 1.44. The summed E-state index contributed by atoms with van der Waals surface area (Å²) in [6, 6.07) is 0. The summed E-state index contributed by atoms with van der Waals surface area (Å²) in [6.07, 6.45) is 1.13. The van der Waals surface area contributed by atoms with E-state index in [1.54, 1.807) is 0 Å². The van der Waals surface area contributed by atoms with E-state index in [9.17, 15) is 8.78 Å². The maximum atomic E-state index is 12.7. The molecule has 0 unspecified atom stereocenters. The average molecular weight is 174 g/mol. The van der Waals surface area contributed by atoms with Gasteiger partial charge >= 0.3 is 0 Å². The number of halogens is 2. The first kappa shape index (κ1) is 7.67. The Hall–Kier alpha value is -0.970. The molecule has 2 rings (SSSR count). The lowest BCUT2D eigenvalue weighted by Crippen LogP contribution is -2.17. The Morgan fingerprint density at radius 3 is 3.08 bits per heavy atom. The highest BCUT2D eigenvalue weighted by Gasteiger charge is 2.39. The van der Waals surface area contributed by atoms with Gasteiger partial charge in [0.25, 0.3) is 5.92 Å². The molecule has 1 aromatic rings. The molecule has 1 aliphatic heterocycles. The third-order valence-corrected chi connectivity index (χ3v) is 2.01. The second kappa shape index (κ2) is 2.26. The molecule has 3 nitrogen and oxygen atoms in total. The number of alkyl halides is 2. The number of aromatic nitrogens is 2. The molecular weight excluding hydrogens is 166 g/mol. The summed E-state index contributed by atoms with van der Waals surface area (Å²) in [5.74, 6) is -2.69. The molecule has 0 bridgehead atoms. The maximum absolute atomic E-state index is 12.7. The van der Waals surface area contributed by atoms with Gasteiger partial charge in [-0.1, -0.05) is 0 Å². The van der Waals surface area contributed by atoms with Crippen LogP contribution in [0.2, 0.25) is 0 Å². The molecule has 2 heterocycles. The molecule has 0 atom stereocenters. The lowest BCUT2D eigenvalue weighted by atomic mass is 10.2. The molecule has 0 radical (unpaired) electrons. The van der Waals surface area contributed by atoms with Crippen LogP contribution in [0.25, 0.3) is 0 Å². The molecule has 0 spiro atoms. The highest BCUT2D eigenvalue weighted by molar-refractivity contribution is 5.21. The van der Waals surface area contributed by atoms with Crippen molar-refractivity contribution in [2.24, 2.45) is 0 Å². The van der Waals surface area contributed by atoms with Crippen LogP contribution in [-0.4, -0.2) is 20.8 Å². The van der Waals surface area contributed by atoms with E-state index in [1.165, 1.54) is 10.9 Å². The lowest BCUT2D eigenvalue weighted by Gasteiger charge is -2.04. The van der Waals surface area contributed by atoms with Gasteiger partial charge in [0.1, 0.15) is 6.54 Å². The van der Waals surface area contributed by atoms with E-state index in [0.29, 0.717) is 11.3 Å². The van der Waals surface area contributed by atoms with Crippen molar-refractivity contribution in [2.45, 2.75) is 25.5 Å². The smallest absolute Gasteiger partial charge is 0.272 e. The Kier molecular flexibility index (Phi) is 1.44. The second-order valence-corrected chi connectivity index (χ2v) is 2.96. The van der Waals surface area contributed by atoms with Crippen LogP contribution >= 0.6 is 0 Å². The van der Waals surface area contributed by atoms with Gasteiger partial charge < -0.3 is 5.11 Å². The first-order chi connectivity index (χ1) is 5.62. The summed E-state index contributed by atoms with van der Waals surface area (Å²) in [6.45, 7) is -0.576. The third kappa shape index (κ3) is 1.01. The van der Waals surface area contributed by atoms with E-state index in [0.717, 1.165) is 0 Å². The number of rotatable bonds is 1. The molecule has 0 amide bonds. The van der Waals surface area contributed by atoms with Gasteiger partial charge in [-0.25, -0.2) is 8.78 Å². The van der Waals surface area contributed by atoms with Crippen molar-refractivity contribution in [3.63, 3.8) is 0 Å². The van der Waals surface area contributed by atoms with Crippen molar-refractivity contribution in [2.75, 3.05) is 0 Å². The van der Waals surface area contributed by atoms with Crippen molar-refractivity contribution >= 4 is 0 Å². The van der Waals surface area contributed by atoms with Gasteiger partial charge in [-0.15, -0.1) is 0 Å². The fourth-order valence-electron chi connectivity index (χ4n) is 1.44. The van der Waals surface area contributed by atoms with E-state index in [-0.39, 0.29) is 19.6 Å². The first-order valence-electron chi connectivity index (χ1n) is 3.65. The molecule has 12 heavy (non-hydrogen) atoms. The number of hydrogen-bond donors (Lipinski definition) is 1. The van der Waals surface area contributed by atoms with Crippen LogP contribution in [0.3, 0.4) is 0 Å². The quantitative estimate of drug-likeness (QED) is 0.675. The molecule has 5 heteroatoms. The van der Waals surface area contributed by atoms with Crippen molar-refractivity contribution in [1.29, 1.82) is 0 Å². The largest absolute Gasteiger partial charge is 0.392 e. The minimum absolute atomic E-state index is 0.217. The van der Waals surface area contributed by atoms with E-state index in [4.69, 9.17) is 5.11 Å². The summed E-state index contributed by atoms with van der Waals surface area (Å²) < 4.78 is 26.7. The van der Waals surface area contributed by atoms with Crippen LogP contribution in [0.5, 0.6) is 0 Å². The lowest BCUT2D eigenvalue weighted by molar-refractivity contribution is 0.000822. The number of nitrogens with zero attached hydrogens (tertiary/aromatic N) is 2. The van der Waals surface area contributed by atoms with Gasteiger partial charge in [0.05, 0.1) is 24.9 Å². The Morgan fingerprint density at radius 1 is 1.67 bits per heavy atom. The SMILES string of the molecule is OCc1cnn2c1CC(F)(F)C2. The average Bonchev–Trinajstić information content (AvgIpc) is 2.42. The topological polar surface area (TPSA) is 38.1 Å². The second-order valence-electron chi connectivity index (χ2n) is 2.96. The number of fused-ring (bicyclic) bond motifs is 1. The summed E-state index contributed by atoms with van der Waals surface area (Å²) >= 11 is 0. The zero-order valence-corrected chi connectivity index (χ0v) is 6.30. The van der Waals surface area contributed by atoms with Crippen LogP contribution < -0.4 is 0 Å². The van der Waals surface area contributed by atoms with Crippen molar-refractivity contribution < 1.29 is 13.9 Å². The zero-order chi connectivity index (χ0) is 8.77. The molecule has 1 aliphatic rings. The fraction of sp³-hybridized carbons (Fsp3) is 0.571. The molecular formula is C7H8F2N2O. The van der Waals surface area contributed by atoms with Crippen LogP contribution in [0.15, 0.2) is 6.20 Å². The van der Waals surface area contributed by atoms with Gasteiger partial charge in [0.15, 0.2) is 0 Å². The summed E-state index contributed by atoms with van der Waals surface area (Å²) in [4.78, 5) is 0. The van der Waals surface area contributed by atoms with E-state index < -0.39 is 5.92 Å². The first-order valence-corrected chi connectivity index (χ1v) is 3.65. The molecule has 0 saturated carbocycles. The van der Waals surface area contributed by atoms with E-state index >= 15 is 0 Å². The van der Waals surface area contributed by atoms with Gasteiger partial charge in [-0.3, -0.25) is 4.68 Å². The highest BCUT2D eigenvalue weighted by Crippen LogP contribution is 2.30. The molecule has 66 valence electrons. The molecule has 0 aliphatic carbocycles. The van der Waals surface area contributed by atoms with E-state index in [2.05, 4.69) is 5.10 Å². The van der Waals surface area contributed by atoms with Gasteiger partial charge in [0.2, 0.25) is 0 Å². The molecule has 1 N–H and O–H groups in total. The Morgan fingerprint density at radius 2 is 2.42 bits per heavy atom. The van der Waals surface area contributed by atoms with Crippen LogP contribution in [0.1, 0.15) is 11.3 Å². The Labute approximate surface area is 67.6 Å². The molecule has 0 fully saturated rings. The predicted molar refractivity (Wildman–Crippen MR) is 36.8 cm³/mol. The summed E-state index contributed by atoms with van der Waals surface area (Å²) in [5.41, 5.74) is 0.967. The zero-order valence-electron chi connectivity index (χ0n) is 6.30. The van der Waals surface area contributed by atoms with Crippen molar-refractivity contribution in [3.8, 4) is 0 Å². The number of aliphatic hydroxyl groups excluding tert-OH is 1. The number of aliphatic hydroxyl groups is 1. The Bertz CT molecular complexity index is 308.